The summed E-state index contributed by atoms with van der Waals surface area (Å²) in [7, 11) is -12.3. The zero-order valence-corrected chi connectivity index (χ0v) is 54.4. The molecule has 0 N–H and O–H groups in total. The summed E-state index contributed by atoms with van der Waals surface area (Å²) in [4.78, 5) is 36.1. The Morgan fingerprint density at radius 2 is 0.684 bits per heavy atom. The minimum Gasteiger partial charge on any atom is -0.292 e. The summed E-state index contributed by atoms with van der Waals surface area (Å²) in [5.74, 6) is 4.43. The fourth-order valence-electron chi connectivity index (χ4n) is 20.9. The number of anilines is 2. The van der Waals surface area contributed by atoms with Crippen molar-refractivity contribution in [2.75, 3.05) is 8.88 Å². The molecule has 0 unspecified atom stereocenters. The van der Waals surface area contributed by atoms with Gasteiger partial charge in [0.05, 0.1) is 0 Å². The topological polar surface area (TPSA) is 71.8 Å². The Bertz CT molecular complexity index is 2510. The van der Waals surface area contributed by atoms with Gasteiger partial charge in [0, 0.05) is 33.0 Å². The highest BCUT2D eigenvalue weighted by molar-refractivity contribution is 8.23. The van der Waals surface area contributed by atoms with E-state index in [0.717, 1.165) is 71.6 Å². The fraction of sp³-hybridized carbons (Fsp3) is 0.719. The molecule has 8 bridgehead atoms. The van der Waals surface area contributed by atoms with Crippen molar-refractivity contribution in [1.82, 2.24) is 9.35 Å². The number of para-hydroxylation sites is 2. The second-order valence-corrected chi connectivity index (χ2v) is 48.5. The van der Waals surface area contributed by atoms with Crippen LogP contribution >= 0.6 is 14.4 Å². The summed E-state index contributed by atoms with van der Waals surface area (Å²) < 4.78 is 11.2. The van der Waals surface area contributed by atoms with E-state index in [0.29, 0.717) is 80.3 Å². The number of carbonyl (C=O) groups is 2. The molecule has 1 saturated heterocycles. The van der Waals surface area contributed by atoms with Gasteiger partial charge in [-0.15, -0.1) is 0 Å². The first-order chi connectivity index (χ1) is 35.6. The van der Waals surface area contributed by atoms with Crippen molar-refractivity contribution in [3.05, 3.63) is 60.7 Å². The van der Waals surface area contributed by atoms with Crippen LogP contribution in [0.4, 0.5) is 11.4 Å². The molecule has 3 aliphatic heterocycles. The third-order valence-electron chi connectivity index (χ3n) is 22.1. The summed E-state index contributed by atoms with van der Waals surface area (Å²) in [5, 5.41) is 12.9. The van der Waals surface area contributed by atoms with Gasteiger partial charge in [0.25, 0.3) is 0 Å². The van der Waals surface area contributed by atoms with Gasteiger partial charge in [-0.3, -0.25) is 27.8 Å². The Kier molecular flexibility index (Phi) is 13.4. The summed E-state index contributed by atoms with van der Waals surface area (Å²) in [6, 6.07) is 22.8. The number of benzene rings is 2. The Morgan fingerprint density at radius 3 is 0.895 bits per heavy atom. The highest BCUT2D eigenvalue weighted by Crippen LogP contribution is 2.94. The van der Waals surface area contributed by atoms with Crippen molar-refractivity contribution in [2.45, 2.75) is 235 Å². The second kappa shape index (κ2) is 18.4. The van der Waals surface area contributed by atoms with E-state index in [9.17, 15) is 0 Å². The van der Waals surface area contributed by atoms with Crippen molar-refractivity contribution in [3.8, 4) is 0 Å². The Hall–Kier alpha value is -2.65. The van der Waals surface area contributed by atoms with Crippen molar-refractivity contribution >= 4 is 75.5 Å². The molecular weight excluding hydrogens is 1000 g/mol. The van der Waals surface area contributed by atoms with Crippen LogP contribution < -0.4 is 8.88 Å². The molecule has 0 atom stereocenters. The molecule has 76 heavy (non-hydrogen) atoms. The number of hydrogen-bond acceptors (Lipinski definition) is 8. The van der Waals surface area contributed by atoms with E-state index in [1.165, 1.54) is 38.5 Å². The van der Waals surface area contributed by atoms with Gasteiger partial charge >= 0.3 is 0 Å². The first-order valence-corrected chi connectivity index (χ1v) is 38.5. The van der Waals surface area contributed by atoms with E-state index >= 15 is 9.59 Å². The van der Waals surface area contributed by atoms with Crippen LogP contribution in [0.3, 0.4) is 0 Å². The summed E-state index contributed by atoms with van der Waals surface area (Å²) in [6.07, 6.45) is 13.6. The molecule has 2 aromatic carbocycles. The van der Waals surface area contributed by atoms with E-state index < -0.39 is 52.5 Å². The number of hydrogen-bond donors (Lipinski definition) is 0. The quantitative estimate of drug-likeness (QED) is 0.139. The van der Waals surface area contributed by atoms with Crippen LogP contribution in [-0.2, 0) is 9.59 Å². The zero-order chi connectivity index (χ0) is 54.8. The molecule has 13 rings (SSSR count). The monoisotopic (exact) mass is 1100 g/mol. The molecule has 12 heteroatoms. The van der Waals surface area contributed by atoms with Crippen LogP contribution in [0.1, 0.15) is 202 Å². The van der Waals surface area contributed by atoms with Crippen LogP contribution in [0.15, 0.2) is 70.9 Å². The van der Waals surface area contributed by atoms with Crippen molar-refractivity contribution < 1.29 is 9.59 Å². The van der Waals surface area contributed by atoms with E-state index in [2.05, 4.69) is 204 Å². The van der Waals surface area contributed by atoms with E-state index in [4.69, 9.17) is 10.2 Å². The number of hydrazone groups is 2. The lowest BCUT2D eigenvalue weighted by atomic mass is 9.48. The minimum absolute atomic E-state index is 0.304. The SMILES string of the molecule is CC(C)[Si](C(C)C)(C(C)C)N1N=C(C(C)(C)C)P2(=C1C(=O)C13CC4CC(CC(C4)C1)C3)N(c1ccccc1)P1(=C(C(=O)C34CC5CC(CC(C5)C3)C4)N([Si](C(C)C)(C(C)C)C(C)C)N=C1C(C)(C)C)N2c1ccccc1. The maximum Gasteiger partial charge on any atom is 0.193 e. The molecule has 0 radical (unpaired) electrons. The van der Waals surface area contributed by atoms with Gasteiger partial charge in [0.15, 0.2) is 28.0 Å². The molecular formula is C64H100N6O2P2Si2. The maximum atomic E-state index is 18.0. The predicted octanol–water partition coefficient (Wildman–Crippen LogP) is 18.2. The number of nitrogens with zero attached hydrogens (tertiary/aromatic N) is 6. The van der Waals surface area contributed by atoms with Crippen molar-refractivity contribution in [1.29, 1.82) is 0 Å². The molecule has 0 amide bonds. The third-order valence-corrected chi connectivity index (χ3v) is 46.6. The molecule has 2 spiro atoms. The van der Waals surface area contributed by atoms with Gasteiger partial charge in [0.2, 0.25) is 0 Å². The van der Waals surface area contributed by atoms with E-state index in [1.54, 1.807) is 0 Å². The Labute approximate surface area is 463 Å². The van der Waals surface area contributed by atoms with Crippen LogP contribution in [0.5, 0.6) is 0 Å². The lowest BCUT2D eigenvalue weighted by Crippen LogP contribution is -2.66. The smallest absolute Gasteiger partial charge is 0.193 e. The Morgan fingerprint density at radius 1 is 0.447 bits per heavy atom. The van der Waals surface area contributed by atoms with Gasteiger partial charge in [-0.05, 0) is 170 Å². The van der Waals surface area contributed by atoms with Gasteiger partial charge in [-0.1, -0.05) is 161 Å². The van der Waals surface area contributed by atoms with Crippen LogP contribution in [0.2, 0.25) is 33.2 Å². The lowest BCUT2D eigenvalue weighted by molar-refractivity contribution is -0.137. The van der Waals surface area contributed by atoms with Crippen molar-refractivity contribution in [3.63, 3.8) is 0 Å². The number of ketones is 2. The number of Topliss-reactive ketones (excluding diaryl/α,β-unsaturated/α-hetero) is 2. The third kappa shape index (κ3) is 7.34. The van der Waals surface area contributed by atoms with Crippen LogP contribution in [0, 0.1) is 57.2 Å². The minimum atomic E-state index is -3.37. The summed E-state index contributed by atoms with van der Waals surface area (Å²) in [6.45, 7) is 44.1. The summed E-state index contributed by atoms with van der Waals surface area (Å²) in [5.41, 5.74) is 6.63. The number of carbonyl (C=O) groups excluding carboxylic acids is 2. The average molecular weight is 1100 g/mol. The van der Waals surface area contributed by atoms with Gasteiger partial charge < -0.3 is 0 Å². The molecule has 8 saturated carbocycles. The normalized spacial score (nSPS) is 34.1. The predicted molar refractivity (Wildman–Crippen MR) is 332 cm³/mol. The van der Waals surface area contributed by atoms with Crippen LogP contribution in [-0.4, -0.2) is 59.1 Å². The molecule has 0 aromatic heterocycles. The Balaban J connectivity index is 1.40. The maximum absolute atomic E-state index is 18.0. The lowest BCUT2D eigenvalue weighted by Gasteiger charge is -2.69. The second-order valence-electron chi connectivity index (χ2n) is 30.8. The average Bonchev–Trinajstić information content (AvgIpc) is 4.07. The highest BCUT2D eigenvalue weighted by atomic mass is 31.3. The molecule has 3 heterocycles. The fourth-order valence-corrected chi connectivity index (χ4v) is 48.8. The van der Waals surface area contributed by atoms with Crippen LogP contribution in [0.25, 0.3) is 0 Å². The molecule has 416 valence electrons. The zero-order valence-electron chi connectivity index (χ0n) is 50.6. The van der Waals surface area contributed by atoms with Gasteiger partial charge in [0.1, 0.15) is 36.1 Å². The molecule has 8 aliphatic carbocycles. The highest BCUT2D eigenvalue weighted by Gasteiger charge is 2.76. The molecule has 2 aromatic rings. The molecule has 9 fully saturated rings. The standard InChI is InChI=1S/C64H100N6O2P2Si2/c1-41(2)75(42(3)4,43(5)6)67-57(55(71)63-35-47-29-48(36-63)31-49(30-47)37-63)73(59(65-67)61(13,14)15)69(53-25-21-19-22-26-53)74(70(73)54-27-23-20-24-28-54)58(56(72)64-38-50-32-51(39-64)34-52(33-50)40-64)68(66-60(74)62(16,17)18)76(44(7)8,45(9)10)46(11)12/h19-28,41-52H,29-40H2,1-18H3. The number of rotatable bonds is 14. The van der Waals surface area contributed by atoms with Crippen molar-refractivity contribution in [2.24, 2.45) is 67.4 Å². The van der Waals surface area contributed by atoms with E-state index in [-0.39, 0.29) is 0 Å². The first kappa shape index (κ1) is 55.3. The van der Waals surface area contributed by atoms with E-state index in [1.807, 2.05) is 0 Å². The van der Waals surface area contributed by atoms with Gasteiger partial charge in [-0.25, -0.2) is 0 Å². The molecule has 11 aliphatic rings. The van der Waals surface area contributed by atoms with Gasteiger partial charge in [-0.2, -0.15) is 10.2 Å². The largest absolute Gasteiger partial charge is 0.292 e. The first-order valence-electron chi connectivity index (χ1n) is 30.7. The summed E-state index contributed by atoms with van der Waals surface area (Å²) >= 11 is 0. The molecule has 8 nitrogen and oxygen atoms in total.